The molecule has 1 aliphatic rings. The Kier molecular flexibility index (Phi) is 6.78. The van der Waals surface area contributed by atoms with Crippen molar-refractivity contribution in [2.75, 3.05) is 33.3 Å². The molecule has 0 atom stereocenters. The van der Waals surface area contributed by atoms with Gasteiger partial charge in [-0.1, -0.05) is 13.8 Å². The van der Waals surface area contributed by atoms with Crippen molar-refractivity contribution in [3.05, 3.63) is 0 Å². The smallest absolute Gasteiger partial charge is 0.319 e. The molecule has 1 fully saturated rings. The van der Waals surface area contributed by atoms with Gasteiger partial charge >= 0.3 is 12.0 Å². The van der Waals surface area contributed by atoms with E-state index in [0.717, 1.165) is 19.4 Å². The van der Waals surface area contributed by atoms with Gasteiger partial charge in [-0.2, -0.15) is 0 Å². The number of urea groups is 1. The molecule has 0 unspecified atom stereocenters. The molecule has 6 nitrogen and oxygen atoms in total. The Morgan fingerprint density at radius 1 is 1.35 bits per heavy atom. The summed E-state index contributed by atoms with van der Waals surface area (Å²) < 4.78 is 5.51. The first-order chi connectivity index (χ1) is 9.40. The number of carbonyl (C=O) groups is 2. The second-order valence-corrected chi connectivity index (χ2v) is 5.76. The molecule has 1 N–H and O–H groups in total. The predicted molar refractivity (Wildman–Crippen MR) is 75.7 cm³/mol. The Hall–Kier alpha value is -1.30. The zero-order valence-electron chi connectivity index (χ0n) is 12.7. The average Bonchev–Trinajstić information content (AvgIpc) is 2.37. The maximum atomic E-state index is 12.2. The lowest BCUT2D eigenvalue weighted by Crippen LogP contribution is -2.47. The molecular formula is C14H26N2O4. The van der Waals surface area contributed by atoms with E-state index in [1.807, 2.05) is 11.9 Å². The van der Waals surface area contributed by atoms with Crippen LogP contribution in [0.1, 0.15) is 33.1 Å². The van der Waals surface area contributed by atoms with E-state index in [1.54, 1.807) is 4.90 Å². The Morgan fingerprint density at radius 2 is 1.95 bits per heavy atom. The van der Waals surface area contributed by atoms with Crippen molar-refractivity contribution in [3.8, 4) is 0 Å². The molecule has 20 heavy (non-hydrogen) atoms. The summed E-state index contributed by atoms with van der Waals surface area (Å²) >= 11 is 0. The number of ether oxygens (including phenoxy) is 1. The van der Waals surface area contributed by atoms with Crippen LogP contribution in [0.15, 0.2) is 0 Å². The van der Waals surface area contributed by atoms with Gasteiger partial charge in [0.15, 0.2) is 0 Å². The van der Waals surface area contributed by atoms with Crippen molar-refractivity contribution in [1.29, 1.82) is 0 Å². The van der Waals surface area contributed by atoms with Gasteiger partial charge in [-0.05, 0) is 18.8 Å². The van der Waals surface area contributed by atoms with Crippen LogP contribution < -0.4 is 0 Å². The van der Waals surface area contributed by atoms with Crippen molar-refractivity contribution in [2.24, 2.45) is 5.92 Å². The molecular weight excluding hydrogens is 260 g/mol. The quantitative estimate of drug-likeness (QED) is 0.806. The number of likely N-dealkylation sites (tertiary alicyclic amines) is 1. The number of carboxylic acids is 1. The molecule has 1 heterocycles. The number of piperidine rings is 1. The first-order valence-electron chi connectivity index (χ1n) is 7.23. The first kappa shape index (κ1) is 16.8. The Balaban J connectivity index is 2.27. The van der Waals surface area contributed by atoms with Gasteiger partial charge in [0.1, 0.15) is 0 Å². The topological polar surface area (TPSA) is 70.1 Å². The molecule has 0 aromatic rings. The highest BCUT2D eigenvalue weighted by atomic mass is 16.5. The zero-order chi connectivity index (χ0) is 15.1. The molecule has 1 aliphatic heterocycles. The minimum atomic E-state index is -0.840. The summed E-state index contributed by atoms with van der Waals surface area (Å²) in [7, 11) is 1.83. The molecule has 0 radical (unpaired) electrons. The molecule has 0 spiro atoms. The van der Waals surface area contributed by atoms with Crippen LogP contribution in [0, 0.1) is 5.92 Å². The number of amides is 2. The van der Waals surface area contributed by atoms with E-state index in [4.69, 9.17) is 9.84 Å². The lowest BCUT2D eigenvalue weighted by atomic mass is 10.1. The summed E-state index contributed by atoms with van der Waals surface area (Å²) in [5, 5.41) is 8.55. The first-order valence-corrected chi connectivity index (χ1v) is 7.23. The summed E-state index contributed by atoms with van der Waals surface area (Å²) in [6.07, 6.45) is 1.67. The molecule has 1 saturated heterocycles. The fourth-order valence-electron chi connectivity index (χ4n) is 2.39. The number of aliphatic carboxylic acids is 1. The molecule has 0 bridgehead atoms. The summed E-state index contributed by atoms with van der Waals surface area (Å²) in [5.74, 6) is -0.381. The van der Waals surface area contributed by atoms with Gasteiger partial charge in [-0.3, -0.25) is 4.79 Å². The third kappa shape index (κ3) is 5.77. The predicted octanol–water partition coefficient (Wildman–Crippen LogP) is 1.65. The third-order valence-corrected chi connectivity index (χ3v) is 3.35. The molecule has 0 aromatic heterocycles. The maximum absolute atomic E-state index is 12.2. The van der Waals surface area contributed by atoms with Crippen LogP contribution in [-0.2, 0) is 9.53 Å². The highest BCUT2D eigenvalue weighted by Crippen LogP contribution is 2.15. The number of carbonyl (C=O) groups excluding carboxylic acids is 1. The van der Waals surface area contributed by atoms with E-state index < -0.39 is 5.97 Å². The average molecular weight is 286 g/mol. The van der Waals surface area contributed by atoms with Crippen molar-refractivity contribution in [1.82, 2.24) is 9.80 Å². The van der Waals surface area contributed by atoms with Crippen LogP contribution in [0.3, 0.4) is 0 Å². The van der Waals surface area contributed by atoms with Gasteiger partial charge in [0, 0.05) is 26.7 Å². The van der Waals surface area contributed by atoms with E-state index in [2.05, 4.69) is 13.8 Å². The van der Waals surface area contributed by atoms with Crippen LogP contribution in [0.2, 0.25) is 0 Å². The summed E-state index contributed by atoms with van der Waals surface area (Å²) in [4.78, 5) is 26.2. The SMILES string of the molecule is CC(C)CN(C)C(=O)N1CCC(OCCC(=O)O)CC1. The van der Waals surface area contributed by atoms with Crippen LogP contribution in [0.4, 0.5) is 4.79 Å². The lowest BCUT2D eigenvalue weighted by Gasteiger charge is -2.34. The third-order valence-electron chi connectivity index (χ3n) is 3.35. The van der Waals surface area contributed by atoms with E-state index >= 15 is 0 Å². The van der Waals surface area contributed by atoms with Crippen LogP contribution in [-0.4, -0.2) is 66.3 Å². The fraction of sp³-hybridized carbons (Fsp3) is 0.857. The molecule has 2 amide bonds. The van der Waals surface area contributed by atoms with Gasteiger partial charge in [0.2, 0.25) is 0 Å². The van der Waals surface area contributed by atoms with Crippen molar-refractivity contribution in [3.63, 3.8) is 0 Å². The zero-order valence-corrected chi connectivity index (χ0v) is 12.7. The van der Waals surface area contributed by atoms with Crippen molar-refractivity contribution in [2.45, 2.75) is 39.2 Å². The van der Waals surface area contributed by atoms with E-state index in [9.17, 15) is 9.59 Å². The Labute approximate surface area is 120 Å². The largest absolute Gasteiger partial charge is 0.481 e. The Bertz CT molecular complexity index is 325. The molecule has 116 valence electrons. The van der Waals surface area contributed by atoms with Crippen LogP contribution >= 0.6 is 0 Å². The molecule has 0 aliphatic carbocycles. The highest BCUT2D eigenvalue weighted by Gasteiger charge is 2.25. The van der Waals surface area contributed by atoms with Gasteiger partial charge in [0.25, 0.3) is 0 Å². The van der Waals surface area contributed by atoms with E-state index in [1.165, 1.54) is 0 Å². The van der Waals surface area contributed by atoms with Gasteiger partial charge in [0.05, 0.1) is 19.1 Å². The number of carboxylic acid groups (broad SMARTS) is 1. The van der Waals surface area contributed by atoms with Crippen molar-refractivity contribution < 1.29 is 19.4 Å². The Morgan fingerprint density at radius 3 is 2.45 bits per heavy atom. The molecule has 1 rings (SSSR count). The standard InChI is InChI=1S/C14H26N2O4/c1-11(2)10-15(3)14(19)16-7-4-12(5-8-16)20-9-6-13(17)18/h11-12H,4-10H2,1-3H3,(H,17,18). The van der Waals surface area contributed by atoms with Gasteiger partial charge in [-0.25, -0.2) is 4.79 Å². The second kappa shape index (κ2) is 8.09. The van der Waals surface area contributed by atoms with Crippen molar-refractivity contribution >= 4 is 12.0 Å². The normalized spacial score (nSPS) is 16.5. The maximum Gasteiger partial charge on any atom is 0.319 e. The number of hydrogen-bond donors (Lipinski definition) is 1. The number of rotatable bonds is 6. The van der Waals surface area contributed by atoms with E-state index in [-0.39, 0.29) is 25.2 Å². The monoisotopic (exact) mass is 286 g/mol. The molecule has 6 heteroatoms. The highest BCUT2D eigenvalue weighted by molar-refractivity contribution is 5.74. The summed E-state index contributed by atoms with van der Waals surface area (Å²) in [5.41, 5.74) is 0. The lowest BCUT2D eigenvalue weighted by molar-refractivity contribution is -0.138. The summed E-state index contributed by atoms with van der Waals surface area (Å²) in [6, 6.07) is 0.0719. The number of hydrogen-bond acceptors (Lipinski definition) is 3. The van der Waals surface area contributed by atoms with Crippen LogP contribution in [0.25, 0.3) is 0 Å². The summed E-state index contributed by atoms with van der Waals surface area (Å²) in [6.45, 7) is 6.55. The van der Waals surface area contributed by atoms with Gasteiger partial charge < -0.3 is 19.6 Å². The molecule has 0 aromatic carbocycles. The number of nitrogens with zero attached hydrogens (tertiary/aromatic N) is 2. The fourth-order valence-corrected chi connectivity index (χ4v) is 2.39. The van der Waals surface area contributed by atoms with E-state index in [0.29, 0.717) is 19.0 Å². The van der Waals surface area contributed by atoms with Crippen LogP contribution in [0.5, 0.6) is 0 Å². The minimum Gasteiger partial charge on any atom is -0.481 e. The van der Waals surface area contributed by atoms with Gasteiger partial charge in [-0.15, -0.1) is 0 Å². The minimum absolute atomic E-state index is 0.0380. The second-order valence-electron chi connectivity index (χ2n) is 5.76. The molecule has 0 saturated carbocycles.